The van der Waals surface area contributed by atoms with Crippen molar-refractivity contribution >= 4 is 0 Å². The summed E-state index contributed by atoms with van der Waals surface area (Å²) in [5, 5.41) is 0. The van der Waals surface area contributed by atoms with Crippen molar-refractivity contribution in [2.75, 3.05) is 0 Å². The van der Waals surface area contributed by atoms with Crippen molar-refractivity contribution < 1.29 is 0 Å². The minimum absolute atomic E-state index is 1.02. The third kappa shape index (κ3) is 3.61. The van der Waals surface area contributed by atoms with E-state index in [1.807, 2.05) is 25.2 Å². The second-order valence-electron chi connectivity index (χ2n) is 3.07. The molecule has 0 N–H and O–H groups in total. The molecular formula is C14H20. The number of hydrogen-bond donors (Lipinski definition) is 0. The molecule has 0 aromatic carbocycles. The maximum absolute atomic E-state index is 3.84. The van der Waals surface area contributed by atoms with Gasteiger partial charge in [0, 0.05) is 0 Å². The van der Waals surface area contributed by atoms with Crippen LogP contribution in [0.4, 0.5) is 0 Å². The van der Waals surface area contributed by atoms with Crippen LogP contribution in [0.2, 0.25) is 0 Å². The van der Waals surface area contributed by atoms with Crippen molar-refractivity contribution in [2.24, 2.45) is 0 Å². The highest BCUT2D eigenvalue weighted by molar-refractivity contribution is 5.50. The lowest BCUT2D eigenvalue weighted by Crippen LogP contribution is -1.86. The van der Waals surface area contributed by atoms with Crippen LogP contribution in [0.5, 0.6) is 0 Å². The van der Waals surface area contributed by atoms with Crippen molar-refractivity contribution in [3.63, 3.8) is 0 Å². The lowest BCUT2D eigenvalue weighted by Gasteiger charge is -2.06. The normalized spacial score (nSPS) is 14.1. The van der Waals surface area contributed by atoms with E-state index in [1.54, 1.807) is 0 Å². The first-order chi connectivity index (χ1) is 6.71. The molecule has 0 spiro atoms. The van der Waals surface area contributed by atoms with Crippen LogP contribution >= 0.6 is 0 Å². The second kappa shape index (κ2) is 7.14. The molecule has 0 heterocycles. The van der Waals surface area contributed by atoms with E-state index in [1.165, 1.54) is 11.1 Å². The van der Waals surface area contributed by atoms with Crippen LogP contribution in [0.25, 0.3) is 0 Å². The van der Waals surface area contributed by atoms with Crippen LogP contribution < -0.4 is 0 Å². The topological polar surface area (TPSA) is 0 Å². The fourth-order valence-corrected chi connectivity index (χ4v) is 1.37. The molecule has 0 nitrogen and oxygen atoms in total. The molecule has 0 bridgehead atoms. The van der Waals surface area contributed by atoms with Crippen molar-refractivity contribution in [3.8, 4) is 0 Å². The average Bonchev–Trinajstić information content (AvgIpc) is 2.18. The minimum Gasteiger partial charge on any atom is -0.0985 e. The molecule has 0 amide bonds. The number of hydrogen-bond acceptors (Lipinski definition) is 0. The Morgan fingerprint density at radius 3 is 2.21 bits per heavy atom. The summed E-state index contributed by atoms with van der Waals surface area (Å²) in [5.41, 5.74) is 3.56. The molecule has 0 atom stereocenters. The number of allylic oxidation sites excluding steroid dienone is 8. The second-order valence-corrected chi connectivity index (χ2v) is 3.07. The summed E-state index contributed by atoms with van der Waals surface area (Å²) in [6.07, 6.45) is 11.1. The molecule has 0 saturated heterocycles. The minimum atomic E-state index is 1.02. The van der Waals surface area contributed by atoms with Crippen LogP contribution in [-0.4, -0.2) is 0 Å². The molecule has 0 saturated carbocycles. The first-order valence-corrected chi connectivity index (χ1v) is 5.00. The van der Waals surface area contributed by atoms with Gasteiger partial charge in [0.15, 0.2) is 0 Å². The van der Waals surface area contributed by atoms with Gasteiger partial charge in [0.1, 0.15) is 0 Å². The molecule has 0 unspecified atom stereocenters. The molecular weight excluding hydrogens is 168 g/mol. The van der Waals surface area contributed by atoms with E-state index < -0.39 is 0 Å². The highest BCUT2D eigenvalue weighted by atomic mass is 14.0. The monoisotopic (exact) mass is 188 g/mol. The van der Waals surface area contributed by atoms with Crippen LogP contribution in [-0.2, 0) is 0 Å². The van der Waals surface area contributed by atoms with E-state index in [2.05, 4.69) is 39.2 Å². The third-order valence-corrected chi connectivity index (χ3v) is 2.00. The smallest absolute Gasteiger partial charge is 0.0164 e. The molecule has 0 rings (SSSR count). The SMILES string of the molecule is C=CC(=C/CC)/C(C=C)=C(C)\C=C/C. The van der Waals surface area contributed by atoms with Crippen molar-refractivity contribution in [1.29, 1.82) is 0 Å². The first kappa shape index (κ1) is 12.7. The van der Waals surface area contributed by atoms with Gasteiger partial charge in [-0.05, 0) is 37.0 Å². The Labute approximate surface area is 88.0 Å². The van der Waals surface area contributed by atoms with Crippen LogP contribution in [0.3, 0.4) is 0 Å². The van der Waals surface area contributed by atoms with Crippen LogP contribution in [0.1, 0.15) is 27.2 Å². The summed E-state index contributed by atoms with van der Waals surface area (Å²) in [4.78, 5) is 0. The Morgan fingerprint density at radius 2 is 1.86 bits per heavy atom. The Balaban J connectivity index is 5.23. The van der Waals surface area contributed by atoms with Gasteiger partial charge in [-0.15, -0.1) is 0 Å². The molecule has 0 aromatic heterocycles. The average molecular weight is 188 g/mol. The molecule has 0 aliphatic carbocycles. The summed E-state index contributed by atoms with van der Waals surface area (Å²) in [5.74, 6) is 0. The van der Waals surface area contributed by atoms with Gasteiger partial charge in [0.25, 0.3) is 0 Å². The van der Waals surface area contributed by atoms with E-state index >= 15 is 0 Å². The Bertz CT molecular complexity index is 285. The molecule has 0 aliphatic heterocycles. The first-order valence-electron chi connectivity index (χ1n) is 5.00. The zero-order chi connectivity index (χ0) is 11.0. The highest BCUT2D eigenvalue weighted by Crippen LogP contribution is 2.18. The maximum atomic E-state index is 3.84. The Hall–Kier alpha value is -1.30. The standard InChI is InChI=1S/C14H20/c1-6-10-12(5)14(9-4)13(8-3)11-7-2/h6,8-11H,3-4,7H2,1-2,5H3/b10-6-,13-11-,14-12-. The van der Waals surface area contributed by atoms with Crippen molar-refractivity contribution in [3.05, 3.63) is 60.3 Å². The van der Waals surface area contributed by atoms with E-state index in [4.69, 9.17) is 0 Å². The zero-order valence-corrected chi connectivity index (χ0v) is 9.51. The van der Waals surface area contributed by atoms with E-state index in [0.29, 0.717) is 0 Å². The van der Waals surface area contributed by atoms with Gasteiger partial charge in [-0.1, -0.05) is 50.5 Å². The largest absolute Gasteiger partial charge is 0.0985 e. The van der Waals surface area contributed by atoms with Gasteiger partial charge in [0.05, 0.1) is 0 Å². The van der Waals surface area contributed by atoms with Crippen LogP contribution in [0, 0.1) is 0 Å². The maximum Gasteiger partial charge on any atom is -0.0164 e. The van der Waals surface area contributed by atoms with Gasteiger partial charge in [0.2, 0.25) is 0 Å². The summed E-state index contributed by atoms with van der Waals surface area (Å²) in [6.45, 7) is 13.9. The molecule has 0 radical (unpaired) electrons. The predicted octanol–water partition coefficient (Wildman–Crippen LogP) is 4.59. The Morgan fingerprint density at radius 1 is 1.21 bits per heavy atom. The lowest BCUT2D eigenvalue weighted by atomic mass is 9.99. The van der Waals surface area contributed by atoms with E-state index in [9.17, 15) is 0 Å². The van der Waals surface area contributed by atoms with Gasteiger partial charge >= 0.3 is 0 Å². The summed E-state index contributed by atoms with van der Waals surface area (Å²) < 4.78 is 0. The van der Waals surface area contributed by atoms with Gasteiger partial charge in [-0.3, -0.25) is 0 Å². The van der Waals surface area contributed by atoms with Gasteiger partial charge in [-0.2, -0.15) is 0 Å². The molecule has 14 heavy (non-hydrogen) atoms. The molecule has 0 aliphatic rings. The van der Waals surface area contributed by atoms with E-state index in [-0.39, 0.29) is 0 Å². The summed E-state index contributed by atoms with van der Waals surface area (Å²) >= 11 is 0. The van der Waals surface area contributed by atoms with Gasteiger partial charge < -0.3 is 0 Å². The molecule has 0 heteroatoms. The summed E-state index contributed by atoms with van der Waals surface area (Å²) in [6, 6.07) is 0. The quantitative estimate of drug-likeness (QED) is 0.554. The summed E-state index contributed by atoms with van der Waals surface area (Å²) in [7, 11) is 0. The molecule has 0 aromatic rings. The van der Waals surface area contributed by atoms with Crippen molar-refractivity contribution in [2.45, 2.75) is 27.2 Å². The highest BCUT2D eigenvalue weighted by Gasteiger charge is 1.99. The predicted molar refractivity (Wildman–Crippen MR) is 66.3 cm³/mol. The molecule has 0 fully saturated rings. The van der Waals surface area contributed by atoms with Crippen LogP contribution in [0.15, 0.2) is 60.3 Å². The lowest BCUT2D eigenvalue weighted by molar-refractivity contribution is 1.20. The van der Waals surface area contributed by atoms with E-state index in [0.717, 1.165) is 12.0 Å². The third-order valence-electron chi connectivity index (χ3n) is 2.00. The fraction of sp³-hybridized carbons (Fsp3) is 0.286. The fourth-order valence-electron chi connectivity index (χ4n) is 1.37. The van der Waals surface area contributed by atoms with Gasteiger partial charge in [-0.25, -0.2) is 0 Å². The zero-order valence-electron chi connectivity index (χ0n) is 9.51. The Kier molecular flexibility index (Phi) is 6.47. The molecule has 76 valence electrons. The number of rotatable bonds is 5. The van der Waals surface area contributed by atoms with Crippen molar-refractivity contribution in [1.82, 2.24) is 0 Å².